The molecule has 1 amide bonds. The van der Waals surface area contributed by atoms with E-state index in [1.165, 1.54) is 0 Å². The Morgan fingerprint density at radius 2 is 2.28 bits per heavy atom. The maximum Gasteiger partial charge on any atom is 0.222 e. The van der Waals surface area contributed by atoms with Crippen LogP contribution in [0.25, 0.3) is 0 Å². The number of piperidine rings is 1. The topological polar surface area (TPSA) is 56.1 Å². The summed E-state index contributed by atoms with van der Waals surface area (Å²) in [7, 11) is 1.82. The van der Waals surface area contributed by atoms with Gasteiger partial charge in [-0.25, -0.2) is 0 Å². The van der Waals surface area contributed by atoms with Crippen molar-refractivity contribution in [1.29, 1.82) is 5.26 Å². The van der Waals surface area contributed by atoms with Crippen LogP contribution in [0.15, 0.2) is 18.2 Å². The van der Waals surface area contributed by atoms with E-state index >= 15 is 0 Å². The Kier molecular flexibility index (Phi) is 3.52. The summed E-state index contributed by atoms with van der Waals surface area (Å²) in [6, 6.07) is 8.11. The van der Waals surface area contributed by atoms with Gasteiger partial charge in [-0.1, -0.05) is 12.1 Å². The lowest BCUT2D eigenvalue weighted by molar-refractivity contribution is -0.132. The third-order valence-electron chi connectivity index (χ3n) is 3.37. The Morgan fingerprint density at radius 3 is 2.94 bits per heavy atom. The number of para-hydroxylation sites is 1. The zero-order chi connectivity index (χ0) is 13.1. The molecule has 1 atom stereocenters. The Hall–Kier alpha value is -2.02. The second kappa shape index (κ2) is 5.09. The zero-order valence-electron chi connectivity index (χ0n) is 10.7. The van der Waals surface area contributed by atoms with Crippen LogP contribution < -0.4 is 5.32 Å². The second-order valence-corrected chi connectivity index (χ2v) is 4.76. The lowest BCUT2D eigenvalue weighted by atomic mass is 10.0. The molecule has 1 N–H and O–H groups in total. The van der Waals surface area contributed by atoms with Gasteiger partial charge in [0.15, 0.2) is 0 Å². The third-order valence-corrected chi connectivity index (χ3v) is 3.37. The van der Waals surface area contributed by atoms with Gasteiger partial charge in [-0.3, -0.25) is 4.79 Å². The lowest BCUT2D eigenvalue weighted by Crippen LogP contribution is -2.43. The molecular formula is C14H17N3O. The van der Waals surface area contributed by atoms with Gasteiger partial charge in [0.2, 0.25) is 5.91 Å². The van der Waals surface area contributed by atoms with Crippen molar-refractivity contribution < 1.29 is 4.79 Å². The molecule has 1 aliphatic heterocycles. The molecule has 1 unspecified atom stereocenters. The molecule has 4 nitrogen and oxygen atoms in total. The highest BCUT2D eigenvalue weighted by molar-refractivity contribution is 5.77. The Labute approximate surface area is 107 Å². The number of hydrogen-bond acceptors (Lipinski definition) is 3. The summed E-state index contributed by atoms with van der Waals surface area (Å²) in [4.78, 5) is 13.2. The summed E-state index contributed by atoms with van der Waals surface area (Å²) in [5.41, 5.74) is 2.62. The van der Waals surface area contributed by atoms with Crippen molar-refractivity contribution in [1.82, 2.24) is 4.90 Å². The van der Waals surface area contributed by atoms with Gasteiger partial charge in [0.1, 0.15) is 6.07 Å². The molecule has 1 aromatic carbocycles. The van der Waals surface area contributed by atoms with Crippen molar-refractivity contribution in [3.8, 4) is 6.07 Å². The van der Waals surface area contributed by atoms with Crippen LogP contribution in [-0.2, 0) is 4.79 Å². The van der Waals surface area contributed by atoms with E-state index in [0.29, 0.717) is 18.5 Å². The Balaban J connectivity index is 2.15. The van der Waals surface area contributed by atoms with Crippen LogP contribution in [0.1, 0.15) is 24.0 Å². The molecule has 1 aliphatic rings. The van der Waals surface area contributed by atoms with Gasteiger partial charge in [0, 0.05) is 26.1 Å². The molecule has 1 fully saturated rings. The minimum Gasteiger partial charge on any atom is -0.379 e. The number of benzene rings is 1. The summed E-state index contributed by atoms with van der Waals surface area (Å²) in [5, 5.41) is 12.5. The Morgan fingerprint density at radius 1 is 1.50 bits per heavy atom. The third kappa shape index (κ3) is 2.45. The van der Waals surface area contributed by atoms with E-state index in [1.807, 2.05) is 32.2 Å². The van der Waals surface area contributed by atoms with E-state index in [4.69, 9.17) is 5.26 Å². The van der Waals surface area contributed by atoms with Crippen molar-refractivity contribution in [2.24, 2.45) is 0 Å². The molecule has 1 aromatic rings. The predicted octanol–water partition coefficient (Wildman–Crippen LogP) is 1.90. The van der Waals surface area contributed by atoms with Crippen molar-refractivity contribution in [3.05, 3.63) is 29.3 Å². The highest BCUT2D eigenvalue weighted by Crippen LogP contribution is 2.23. The monoisotopic (exact) mass is 243 g/mol. The maximum absolute atomic E-state index is 11.4. The van der Waals surface area contributed by atoms with E-state index in [1.54, 1.807) is 4.90 Å². The van der Waals surface area contributed by atoms with Gasteiger partial charge >= 0.3 is 0 Å². The first kappa shape index (κ1) is 12.4. The van der Waals surface area contributed by atoms with Crippen molar-refractivity contribution in [3.63, 3.8) is 0 Å². The van der Waals surface area contributed by atoms with Crippen LogP contribution in [0, 0.1) is 18.3 Å². The molecule has 4 heteroatoms. The van der Waals surface area contributed by atoms with Gasteiger partial charge in [-0.05, 0) is 25.0 Å². The van der Waals surface area contributed by atoms with Crippen molar-refractivity contribution in [2.75, 3.05) is 18.9 Å². The quantitative estimate of drug-likeness (QED) is 0.863. The summed E-state index contributed by atoms with van der Waals surface area (Å²) < 4.78 is 0. The molecule has 0 aromatic heterocycles. The van der Waals surface area contributed by atoms with E-state index in [9.17, 15) is 4.79 Å². The number of likely N-dealkylation sites (N-methyl/N-ethyl adjacent to an activating group) is 1. The molecular weight excluding hydrogens is 226 g/mol. The van der Waals surface area contributed by atoms with E-state index in [2.05, 4.69) is 11.4 Å². The van der Waals surface area contributed by atoms with Crippen molar-refractivity contribution in [2.45, 2.75) is 25.8 Å². The SMILES string of the molecule is Cc1cccc(C#N)c1NC1CCC(=O)N(C)C1. The first-order chi connectivity index (χ1) is 8.61. The highest BCUT2D eigenvalue weighted by Gasteiger charge is 2.23. The fraction of sp³-hybridized carbons (Fsp3) is 0.429. The number of nitriles is 1. The number of nitrogens with one attached hydrogen (secondary N) is 1. The summed E-state index contributed by atoms with van der Waals surface area (Å²) in [6.45, 7) is 2.68. The number of hydrogen-bond donors (Lipinski definition) is 1. The highest BCUT2D eigenvalue weighted by atomic mass is 16.2. The second-order valence-electron chi connectivity index (χ2n) is 4.76. The molecule has 0 spiro atoms. The first-order valence-electron chi connectivity index (χ1n) is 6.12. The standard InChI is InChI=1S/C14H17N3O/c1-10-4-3-5-11(8-15)14(10)16-12-6-7-13(18)17(2)9-12/h3-5,12,16H,6-7,9H2,1-2H3. The molecule has 1 heterocycles. The number of amides is 1. The molecule has 0 bridgehead atoms. The zero-order valence-corrected chi connectivity index (χ0v) is 10.7. The number of nitrogens with zero attached hydrogens (tertiary/aromatic N) is 2. The van der Waals surface area contributed by atoms with Crippen LogP contribution in [0.3, 0.4) is 0 Å². The van der Waals surface area contributed by atoms with Gasteiger partial charge in [-0.2, -0.15) is 5.26 Å². The number of carbonyl (C=O) groups is 1. The van der Waals surface area contributed by atoms with Gasteiger partial charge in [-0.15, -0.1) is 0 Å². The minimum atomic E-state index is 0.193. The van der Waals surface area contributed by atoms with Gasteiger partial charge < -0.3 is 10.2 Å². The molecule has 0 radical (unpaired) electrons. The van der Waals surface area contributed by atoms with Crippen molar-refractivity contribution >= 4 is 11.6 Å². The number of rotatable bonds is 2. The van der Waals surface area contributed by atoms with Crippen LogP contribution in [0.4, 0.5) is 5.69 Å². The minimum absolute atomic E-state index is 0.193. The fourth-order valence-corrected chi connectivity index (χ4v) is 2.29. The largest absolute Gasteiger partial charge is 0.379 e. The summed E-state index contributed by atoms with van der Waals surface area (Å²) in [6.07, 6.45) is 1.39. The van der Waals surface area contributed by atoms with Crippen LogP contribution >= 0.6 is 0 Å². The Bertz CT molecular complexity index is 504. The predicted molar refractivity (Wildman–Crippen MR) is 70.2 cm³/mol. The van der Waals surface area contributed by atoms with Crippen LogP contribution in [0.5, 0.6) is 0 Å². The van der Waals surface area contributed by atoms with Gasteiger partial charge in [0.05, 0.1) is 11.3 Å². The molecule has 1 saturated heterocycles. The number of aryl methyl sites for hydroxylation is 1. The van der Waals surface area contributed by atoms with Gasteiger partial charge in [0.25, 0.3) is 0 Å². The first-order valence-corrected chi connectivity index (χ1v) is 6.12. The molecule has 18 heavy (non-hydrogen) atoms. The molecule has 94 valence electrons. The number of likely N-dealkylation sites (tertiary alicyclic amines) is 1. The normalized spacial score (nSPS) is 19.5. The number of anilines is 1. The maximum atomic E-state index is 11.4. The van der Waals surface area contributed by atoms with Crippen LogP contribution in [-0.4, -0.2) is 30.4 Å². The average molecular weight is 243 g/mol. The summed E-state index contributed by atoms with van der Waals surface area (Å²) >= 11 is 0. The van der Waals surface area contributed by atoms with E-state index < -0.39 is 0 Å². The number of carbonyl (C=O) groups excluding carboxylic acids is 1. The van der Waals surface area contributed by atoms with E-state index in [-0.39, 0.29) is 11.9 Å². The summed E-state index contributed by atoms with van der Waals surface area (Å²) in [5.74, 6) is 0.193. The van der Waals surface area contributed by atoms with E-state index in [0.717, 1.165) is 17.7 Å². The molecule has 2 rings (SSSR count). The average Bonchev–Trinajstić information content (AvgIpc) is 2.36. The lowest BCUT2D eigenvalue weighted by Gasteiger charge is -2.31. The van der Waals surface area contributed by atoms with Crippen LogP contribution in [0.2, 0.25) is 0 Å². The molecule has 0 aliphatic carbocycles. The fourth-order valence-electron chi connectivity index (χ4n) is 2.29. The molecule has 0 saturated carbocycles. The smallest absolute Gasteiger partial charge is 0.222 e.